The minimum absolute atomic E-state index is 0.0426. The minimum atomic E-state index is -0.407. The SMILES string of the molecule is COc1cccc(N(C(=O)C(C)C)C2CCN(Cc3cc([N+](=O)[O-])ccc3Cl)CC2)c1. The van der Waals surface area contributed by atoms with Crippen molar-refractivity contribution in [2.75, 3.05) is 25.1 Å². The number of ether oxygens (including phenoxy) is 1. The van der Waals surface area contributed by atoms with Gasteiger partial charge in [-0.1, -0.05) is 31.5 Å². The summed E-state index contributed by atoms with van der Waals surface area (Å²) in [5.74, 6) is 0.693. The Bertz CT molecular complexity index is 942. The first-order valence-corrected chi connectivity index (χ1v) is 10.8. The Hall–Kier alpha value is -2.64. The highest BCUT2D eigenvalue weighted by Crippen LogP contribution is 2.30. The van der Waals surface area contributed by atoms with Gasteiger partial charge in [0, 0.05) is 60.5 Å². The van der Waals surface area contributed by atoms with Gasteiger partial charge in [0.15, 0.2) is 0 Å². The summed E-state index contributed by atoms with van der Waals surface area (Å²) in [6.45, 7) is 5.92. The van der Waals surface area contributed by atoms with Crippen molar-refractivity contribution in [2.45, 2.75) is 39.3 Å². The molecule has 7 nitrogen and oxygen atoms in total. The number of methoxy groups -OCH3 is 1. The summed E-state index contributed by atoms with van der Waals surface area (Å²) in [4.78, 5) is 27.9. The molecule has 0 N–H and O–H groups in total. The maximum Gasteiger partial charge on any atom is 0.269 e. The molecule has 0 radical (unpaired) electrons. The molecule has 1 fully saturated rings. The number of nitro groups is 1. The van der Waals surface area contributed by atoms with Crippen LogP contribution in [0.3, 0.4) is 0 Å². The first-order chi connectivity index (χ1) is 14.8. The Labute approximate surface area is 187 Å². The van der Waals surface area contributed by atoms with Crippen molar-refractivity contribution in [3.63, 3.8) is 0 Å². The van der Waals surface area contributed by atoms with Crippen molar-refractivity contribution >= 4 is 28.9 Å². The number of halogens is 1. The molecule has 1 heterocycles. The van der Waals surface area contributed by atoms with E-state index in [1.165, 1.54) is 6.07 Å². The van der Waals surface area contributed by atoms with Gasteiger partial charge in [0.1, 0.15) is 5.75 Å². The first-order valence-electron chi connectivity index (χ1n) is 10.4. The average molecular weight is 446 g/mol. The predicted molar refractivity (Wildman–Crippen MR) is 122 cm³/mol. The Morgan fingerprint density at radius 2 is 1.97 bits per heavy atom. The number of carbonyl (C=O) groups is 1. The van der Waals surface area contributed by atoms with Gasteiger partial charge in [0.05, 0.1) is 12.0 Å². The highest BCUT2D eigenvalue weighted by atomic mass is 35.5. The van der Waals surface area contributed by atoms with Gasteiger partial charge < -0.3 is 9.64 Å². The molecule has 2 aromatic carbocycles. The fraction of sp³-hybridized carbons (Fsp3) is 0.435. The number of non-ortho nitro benzene ring substituents is 1. The molecule has 1 aliphatic rings. The zero-order chi connectivity index (χ0) is 22.5. The summed E-state index contributed by atoms with van der Waals surface area (Å²) < 4.78 is 5.35. The second-order valence-electron chi connectivity index (χ2n) is 8.10. The monoisotopic (exact) mass is 445 g/mol. The summed E-state index contributed by atoms with van der Waals surface area (Å²) in [5.41, 5.74) is 1.64. The van der Waals surface area contributed by atoms with E-state index in [2.05, 4.69) is 4.90 Å². The highest BCUT2D eigenvalue weighted by molar-refractivity contribution is 6.31. The van der Waals surface area contributed by atoms with Crippen molar-refractivity contribution in [3.05, 3.63) is 63.2 Å². The Morgan fingerprint density at radius 1 is 1.26 bits per heavy atom. The van der Waals surface area contributed by atoms with Crippen LogP contribution in [0.15, 0.2) is 42.5 Å². The van der Waals surface area contributed by atoms with Crippen LogP contribution in [0.2, 0.25) is 5.02 Å². The number of benzene rings is 2. The van der Waals surface area contributed by atoms with Gasteiger partial charge in [-0.05, 0) is 36.6 Å². The van der Waals surface area contributed by atoms with Crippen molar-refractivity contribution in [2.24, 2.45) is 5.92 Å². The van der Waals surface area contributed by atoms with Crippen LogP contribution >= 0.6 is 11.6 Å². The van der Waals surface area contributed by atoms with Crippen LogP contribution in [0.1, 0.15) is 32.3 Å². The molecule has 1 amide bonds. The molecular weight excluding hydrogens is 418 g/mol. The van der Waals surface area contributed by atoms with Crippen molar-refractivity contribution in [1.82, 2.24) is 4.90 Å². The second-order valence-corrected chi connectivity index (χ2v) is 8.51. The number of rotatable bonds is 7. The Balaban J connectivity index is 1.73. The first kappa shape index (κ1) is 23.0. The van der Waals surface area contributed by atoms with Gasteiger partial charge in [-0.2, -0.15) is 0 Å². The molecule has 0 aliphatic carbocycles. The number of likely N-dealkylation sites (tertiary alicyclic amines) is 1. The molecule has 0 unspecified atom stereocenters. The van der Waals surface area contributed by atoms with Gasteiger partial charge in [0.2, 0.25) is 5.91 Å². The van der Waals surface area contributed by atoms with Crippen LogP contribution in [0, 0.1) is 16.0 Å². The predicted octanol–water partition coefficient (Wildman–Crippen LogP) is 4.91. The molecule has 0 atom stereocenters. The summed E-state index contributed by atoms with van der Waals surface area (Å²) >= 11 is 6.27. The number of hydrogen-bond donors (Lipinski definition) is 0. The lowest BCUT2D eigenvalue weighted by molar-refractivity contribution is -0.384. The molecular formula is C23H28ClN3O4. The summed E-state index contributed by atoms with van der Waals surface area (Å²) in [7, 11) is 1.62. The summed E-state index contributed by atoms with van der Waals surface area (Å²) in [5, 5.41) is 11.6. The average Bonchev–Trinajstić information content (AvgIpc) is 2.76. The van der Waals surface area contributed by atoms with E-state index < -0.39 is 4.92 Å². The molecule has 31 heavy (non-hydrogen) atoms. The van der Waals surface area contributed by atoms with Crippen molar-refractivity contribution in [3.8, 4) is 5.75 Å². The van der Waals surface area contributed by atoms with E-state index in [1.807, 2.05) is 43.0 Å². The number of hydrogen-bond acceptors (Lipinski definition) is 5. The maximum absolute atomic E-state index is 13.1. The molecule has 1 aliphatic heterocycles. The van der Waals surface area contributed by atoms with Crippen LogP contribution in [0.5, 0.6) is 5.75 Å². The number of nitro benzene ring substituents is 1. The quantitative estimate of drug-likeness (QED) is 0.447. The fourth-order valence-corrected chi connectivity index (χ4v) is 4.11. The largest absolute Gasteiger partial charge is 0.497 e. The van der Waals surface area contributed by atoms with E-state index in [9.17, 15) is 14.9 Å². The lowest BCUT2D eigenvalue weighted by atomic mass is 9.99. The minimum Gasteiger partial charge on any atom is -0.497 e. The standard InChI is InChI=1S/C23H28ClN3O4/c1-16(2)23(28)26(19-5-4-6-21(14-19)31-3)18-9-11-25(12-10-18)15-17-13-20(27(29)30)7-8-22(17)24/h4-8,13-14,16,18H,9-12,15H2,1-3H3. The molecule has 0 aromatic heterocycles. The van der Waals surface area contributed by atoms with Gasteiger partial charge in [-0.3, -0.25) is 19.8 Å². The van der Waals surface area contributed by atoms with Crippen molar-refractivity contribution < 1.29 is 14.5 Å². The zero-order valence-corrected chi connectivity index (χ0v) is 18.8. The van der Waals surface area contributed by atoms with Gasteiger partial charge in [-0.25, -0.2) is 0 Å². The van der Waals surface area contributed by atoms with Crippen molar-refractivity contribution in [1.29, 1.82) is 0 Å². The third kappa shape index (κ3) is 5.54. The summed E-state index contributed by atoms with van der Waals surface area (Å²) in [6, 6.07) is 12.2. The normalized spacial score (nSPS) is 15.1. The Morgan fingerprint density at radius 3 is 2.58 bits per heavy atom. The lowest BCUT2D eigenvalue weighted by Gasteiger charge is -2.39. The number of anilines is 1. The molecule has 3 rings (SSSR count). The molecule has 0 saturated carbocycles. The maximum atomic E-state index is 13.1. The van der Waals surface area contributed by atoms with Gasteiger partial charge in [-0.15, -0.1) is 0 Å². The second kappa shape index (κ2) is 10.1. The van der Waals surface area contributed by atoms with E-state index in [-0.39, 0.29) is 23.6 Å². The van der Waals surface area contributed by atoms with E-state index in [0.717, 1.165) is 42.9 Å². The van der Waals surface area contributed by atoms with Crippen LogP contribution in [-0.4, -0.2) is 42.0 Å². The van der Waals surface area contributed by atoms with E-state index in [1.54, 1.807) is 19.2 Å². The van der Waals surface area contributed by atoms with Gasteiger partial charge >= 0.3 is 0 Å². The molecule has 0 bridgehead atoms. The molecule has 1 saturated heterocycles. The van der Waals surface area contributed by atoms with E-state index >= 15 is 0 Å². The third-order valence-electron chi connectivity index (χ3n) is 5.62. The number of carbonyl (C=O) groups excluding carboxylic acids is 1. The topological polar surface area (TPSA) is 75.9 Å². The summed E-state index contributed by atoms with van der Waals surface area (Å²) in [6.07, 6.45) is 1.62. The highest BCUT2D eigenvalue weighted by Gasteiger charge is 2.31. The fourth-order valence-electron chi connectivity index (χ4n) is 3.93. The van der Waals surface area contributed by atoms with E-state index in [0.29, 0.717) is 11.6 Å². The number of nitrogens with zero attached hydrogens (tertiary/aromatic N) is 3. The number of amides is 1. The smallest absolute Gasteiger partial charge is 0.269 e. The van der Waals surface area contributed by atoms with Crippen LogP contribution < -0.4 is 9.64 Å². The molecule has 8 heteroatoms. The van der Waals surface area contributed by atoms with Crippen LogP contribution in [0.4, 0.5) is 11.4 Å². The molecule has 0 spiro atoms. The van der Waals surface area contributed by atoms with E-state index in [4.69, 9.17) is 16.3 Å². The van der Waals surface area contributed by atoms with Crippen LogP contribution in [0.25, 0.3) is 0 Å². The van der Waals surface area contributed by atoms with Gasteiger partial charge in [0.25, 0.3) is 5.69 Å². The number of piperidine rings is 1. The molecule has 2 aromatic rings. The third-order valence-corrected chi connectivity index (χ3v) is 5.99. The molecule has 166 valence electrons. The van der Waals surface area contributed by atoms with Crippen LogP contribution in [-0.2, 0) is 11.3 Å². The zero-order valence-electron chi connectivity index (χ0n) is 18.1. The Kier molecular flexibility index (Phi) is 7.51. The lowest BCUT2D eigenvalue weighted by Crippen LogP contribution is -2.48.